The Morgan fingerprint density at radius 1 is 1.09 bits per heavy atom. The average molecular weight is 487 g/mol. The minimum atomic E-state index is -1.10. The summed E-state index contributed by atoms with van der Waals surface area (Å²) in [6.45, 7) is 0.0749. The van der Waals surface area contributed by atoms with E-state index in [0.717, 1.165) is 72.9 Å². The van der Waals surface area contributed by atoms with Crippen LogP contribution in [0, 0.1) is 0 Å². The van der Waals surface area contributed by atoms with Gasteiger partial charge in [0.25, 0.3) is 0 Å². The van der Waals surface area contributed by atoms with Crippen molar-refractivity contribution in [1.29, 1.82) is 0 Å². The fourth-order valence-electron chi connectivity index (χ4n) is 6.11. The van der Waals surface area contributed by atoms with Gasteiger partial charge < -0.3 is 15.3 Å². The molecule has 0 spiro atoms. The highest BCUT2D eigenvalue weighted by atomic mass is 35.5. The molecule has 3 aliphatic heterocycles. The largest absolute Gasteiger partial charge is 0.394 e. The van der Waals surface area contributed by atoms with E-state index in [1.807, 2.05) is 12.1 Å². The third-order valence-electron chi connectivity index (χ3n) is 8.16. The normalized spacial score (nSPS) is 29.9. The second-order valence-electron chi connectivity index (χ2n) is 10.2. The van der Waals surface area contributed by atoms with Crippen LogP contribution < -0.4 is 10.2 Å². The van der Waals surface area contributed by atoms with Crippen LogP contribution in [0.25, 0.3) is 0 Å². The van der Waals surface area contributed by atoms with Crippen molar-refractivity contribution in [2.24, 2.45) is 0 Å². The lowest BCUT2D eigenvalue weighted by molar-refractivity contribution is 0.143. The van der Waals surface area contributed by atoms with Crippen LogP contribution in [-0.4, -0.2) is 49.3 Å². The van der Waals surface area contributed by atoms with Crippen LogP contribution >= 0.6 is 11.6 Å². The second-order valence-corrected chi connectivity index (χ2v) is 12.2. The van der Waals surface area contributed by atoms with E-state index in [2.05, 4.69) is 22.3 Å². The Balaban J connectivity index is 1.31. The molecule has 7 rings (SSSR count). The third-order valence-corrected chi connectivity index (χ3v) is 9.95. The molecule has 1 aromatic carbocycles. The van der Waals surface area contributed by atoms with E-state index in [1.165, 1.54) is 12.0 Å². The van der Waals surface area contributed by atoms with Crippen LogP contribution in [0.2, 0.25) is 5.02 Å². The van der Waals surface area contributed by atoms with Gasteiger partial charge in [-0.15, -0.1) is 0 Å². The first kappa shape index (κ1) is 21.8. The predicted molar refractivity (Wildman–Crippen MR) is 132 cm³/mol. The Morgan fingerprint density at radius 3 is 2.52 bits per heavy atom. The molecular weight excluding hydrogens is 456 g/mol. The van der Waals surface area contributed by atoms with E-state index in [1.54, 1.807) is 0 Å². The fourth-order valence-corrected chi connectivity index (χ4v) is 7.62. The molecule has 1 aromatic heterocycles. The summed E-state index contributed by atoms with van der Waals surface area (Å²) in [6.07, 6.45) is 9.09. The van der Waals surface area contributed by atoms with Gasteiger partial charge in [0.05, 0.1) is 28.6 Å². The van der Waals surface area contributed by atoms with E-state index in [4.69, 9.17) is 21.6 Å². The molecule has 176 valence electrons. The molecule has 0 radical (unpaired) electrons. The SMILES string of the molecule is O=S1CCCCc2nc(N3C4CC(c5ccc(Cl)cc5)CC3C4)nc(NC3(CO)CCC3)c21. The maximum absolute atomic E-state index is 13.1. The monoisotopic (exact) mass is 486 g/mol. The molecular formula is C25H31ClN4O2S. The van der Waals surface area contributed by atoms with Crippen LogP contribution in [0.4, 0.5) is 11.8 Å². The number of halogens is 1. The van der Waals surface area contributed by atoms with Gasteiger partial charge in [0, 0.05) is 22.9 Å². The van der Waals surface area contributed by atoms with Crippen LogP contribution in [0.3, 0.4) is 0 Å². The van der Waals surface area contributed by atoms with Crippen molar-refractivity contribution in [2.75, 3.05) is 22.6 Å². The van der Waals surface area contributed by atoms with Gasteiger partial charge in [-0.25, -0.2) is 4.98 Å². The molecule has 2 aromatic rings. The van der Waals surface area contributed by atoms with Gasteiger partial charge in [0.2, 0.25) is 5.95 Å². The number of aliphatic hydroxyl groups is 1. The maximum atomic E-state index is 13.1. The van der Waals surface area contributed by atoms with Gasteiger partial charge in [-0.2, -0.15) is 4.98 Å². The number of hydrogen-bond donors (Lipinski definition) is 2. The number of aliphatic hydroxyl groups excluding tert-OH is 1. The number of anilines is 2. The molecule has 8 heteroatoms. The molecule has 3 unspecified atom stereocenters. The molecule has 0 amide bonds. The second kappa shape index (κ2) is 8.51. The van der Waals surface area contributed by atoms with E-state index in [0.29, 0.717) is 29.6 Å². The summed E-state index contributed by atoms with van der Waals surface area (Å²) in [5, 5.41) is 14.4. The van der Waals surface area contributed by atoms with Gasteiger partial charge in [0.15, 0.2) is 0 Å². The summed E-state index contributed by atoms with van der Waals surface area (Å²) in [7, 11) is -1.10. The maximum Gasteiger partial charge on any atom is 0.228 e. The number of aryl methyl sites for hydroxylation is 1. The standard InChI is InChI=1S/C25H31ClN4O2S/c26-18-7-5-16(6-8-18)17-12-19-14-20(13-17)30(19)24-27-21-4-1-2-11-33(32)22(21)23(28-24)29-25(15-31)9-3-10-25/h5-8,17,19-20,31H,1-4,9-15H2,(H,27,28,29). The van der Waals surface area contributed by atoms with Crippen molar-refractivity contribution in [1.82, 2.24) is 9.97 Å². The molecule has 2 saturated carbocycles. The molecule has 33 heavy (non-hydrogen) atoms. The van der Waals surface area contributed by atoms with Crippen molar-refractivity contribution in [3.05, 3.63) is 40.5 Å². The van der Waals surface area contributed by atoms with Crippen molar-refractivity contribution in [3.63, 3.8) is 0 Å². The number of hydrogen-bond acceptors (Lipinski definition) is 6. The predicted octanol–water partition coefficient (Wildman–Crippen LogP) is 4.43. The number of nitrogens with one attached hydrogen (secondary N) is 1. The van der Waals surface area contributed by atoms with E-state index in [9.17, 15) is 9.32 Å². The van der Waals surface area contributed by atoms with Crippen LogP contribution in [-0.2, 0) is 17.2 Å². The first-order chi connectivity index (χ1) is 16.0. The molecule has 4 heterocycles. The van der Waals surface area contributed by atoms with Gasteiger partial charge in [-0.3, -0.25) is 4.21 Å². The number of fused-ring (bicyclic) bond motifs is 3. The number of benzene rings is 1. The first-order valence-electron chi connectivity index (χ1n) is 12.3. The molecule has 5 aliphatic rings. The first-order valence-corrected chi connectivity index (χ1v) is 14.0. The van der Waals surface area contributed by atoms with Crippen molar-refractivity contribution >= 4 is 34.2 Å². The van der Waals surface area contributed by atoms with Crippen LogP contribution in [0.15, 0.2) is 29.2 Å². The highest BCUT2D eigenvalue weighted by Crippen LogP contribution is 2.48. The molecule has 3 atom stereocenters. The zero-order chi connectivity index (χ0) is 22.6. The third kappa shape index (κ3) is 3.86. The van der Waals surface area contributed by atoms with Crippen molar-refractivity contribution in [2.45, 2.75) is 86.2 Å². The Bertz CT molecular complexity index is 1060. The number of piperidine rings is 1. The van der Waals surface area contributed by atoms with Gasteiger partial charge in [-0.1, -0.05) is 23.7 Å². The fraction of sp³-hybridized carbons (Fsp3) is 0.600. The molecule has 2 saturated heterocycles. The zero-order valence-corrected chi connectivity index (χ0v) is 20.4. The van der Waals surface area contributed by atoms with Gasteiger partial charge in [0.1, 0.15) is 10.7 Å². The topological polar surface area (TPSA) is 78.4 Å². The number of nitrogens with zero attached hydrogens (tertiary/aromatic N) is 3. The highest BCUT2D eigenvalue weighted by molar-refractivity contribution is 7.85. The quantitative estimate of drug-likeness (QED) is 0.651. The molecule has 2 aliphatic carbocycles. The minimum Gasteiger partial charge on any atom is -0.394 e. The lowest BCUT2D eigenvalue weighted by atomic mass is 9.71. The Labute approximate surface area is 202 Å². The van der Waals surface area contributed by atoms with Crippen molar-refractivity contribution in [3.8, 4) is 0 Å². The van der Waals surface area contributed by atoms with E-state index < -0.39 is 10.8 Å². The Kier molecular flexibility index (Phi) is 5.62. The molecule has 2 bridgehead atoms. The molecule has 6 nitrogen and oxygen atoms in total. The zero-order valence-electron chi connectivity index (χ0n) is 18.8. The smallest absolute Gasteiger partial charge is 0.228 e. The van der Waals surface area contributed by atoms with Crippen molar-refractivity contribution < 1.29 is 9.32 Å². The van der Waals surface area contributed by atoms with Gasteiger partial charge in [-0.05, 0) is 81.4 Å². The summed E-state index contributed by atoms with van der Waals surface area (Å²) >= 11 is 6.09. The summed E-state index contributed by atoms with van der Waals surface area (Å²) in [6, 6.07) is 9.15. The summed E-state index contributed by atoms with van der Waals surface area (Å²) in [4.78, 5) is 13.2. The minimum absolute atomic E-state index is 0.0749. The highest BCUT2D eigenvalue weighted by Gasteiger charge is 2.47. The van der Waals surface area contributed by atoms with Crippen LogP contribution in [0.1, 0.15) is 68.5 Å². The van der Waals surface area contributed by atoms with E-state index >= 15 is 0 Å². The lowest BCUT2D eigenvalue weighted by Crippen LogP contribution is -2.61. The molecule has 2 N–H and O–H groups in total. The Morgan fingerprint density at radius 2 is 1.85 bits per heavy atom. The molecule has 4 fully saturated rings. The summed E-state index contributed by atoms with van der Waals surface area (Å²) in [5.41, 5.74) is 1.97. The lowest BCUT2D eigenvalue weighted by Gasteiger charge is -2.55. The number of aromatic nitrogens is 2. The van der Waals surface area contributed by atoms with Gasteiger partial charge >= 0.3 is 0 Å². The summed E-state index contributed by atoms with van der Waals surface area (Å²) < 4.78 is 13.1. The van der Waals surface area contributed by atoms with E-state index in [-0.39, 0.29) is 12.1 Å². The van der Waals surface area contributed by atoms with Crippen LogP contribution in [0.5, 0.6) is 0 Å². The summed E-state index contributed by atoms with van der Waals surface area (Å²) in [5.74, 6) is 2.68. The Hall–Kier alpha value is -1.70. The average Bonchev–Trinajstić information content (AvgIpc) is 2.98. The number of rotatable bonds is 5.